The molecule has 0 fully saturated rings. The van der Waals surface area contributed by atoms with E-state index >= 15 is 0 Å². The zero-order valence-corrected chi connectivity index (χ0v) is 9.68. The number of hydrogen-bond donors (Lipinski definition) is 2. The third-order valence-corrected chi connectivity index (χ3v) is 2.59. The second-order valence-electron chi connectivity index (χ2n) is 4.09. The fourth-order valence-electron chi connectivity index (χ4n) is 1.76. The lowest BCUT2D eigenvalue weighted by Crippen LogP contribution is -2.30. The second-order valence-corrected chi connectivity index (χ2v) is 4.09. The summed E-state index contributed by atoms with van der Waals surface area (Å²) in [5.41, 5.74) is 0.642. The number of fused-ring (bicyclic) bond motifs is 1. The van der Waals surface area contributed by atoms with Gasteiger partial charge >= 0.3 is 0 Å². The van der Waals surface area contributed by atoms with Gasteiger partial charge in [0.15, 0.2) is 0 Å². The zero-order valence-electron chi connectivity index (χ0n) is 9.68. The standard InChI is InChI=1S/C14H15NO2/c1-10(16)9-15-14(17)13-8-4-6-11-5-2-3-7-12(11)13/h2-8,10,16H,9H2,1H3,(H,15,17)/t10-/m0/s1. The van der Waals surface area contributed by atoms with Gasteiger partial charge in [-0.25, -0.2) is 0 Å². The van der Waals surface area contributed by atoms with Gasteiger partial charge in [-0.15, -0.1) is 0 Å². The number of rotatable bonds is 3. The van der Waals surface area contributed by atoms with Crippen LogP contribution in [0.25, 0.3) is 10.8 Å². The third kappa shape index (κ3) is 2.63. The molecule has 2 N–H and O–H groups in total. The normalized spacial score (nSPS) is 12.4. The average molecular weight is 229 g/mol. The minimum Gasteiger partial charge on any atom is -0.392 e. The Bertz CT molecular complexity index is 529. The first kappa shape index (κ1) is 11.6. The van der Waals surface area contributed by atoms with E-state index in [1.54, 1.807) is 13.0 Å². The summed E-state index contributed by atoms with van der Waals surface area (Å²) >= 11 is 0. The highest BCUT2D eigenvalue weighted by molar-refractivity contribution is 6.06. The molecule has 1 atom stereocenters. The summed E-state index contributed by atoms with van der Waals surface area (Å²) in [4.78, 5) is 11.9. The maximum atomic E-state index is 11.9. The van der Waals surface area contributed by atoms with Gasteiger partial charge in [0.05, 0.1) is 6.10 Å². The zero-order chi connectivity index (χ0) is 12.3. The first-order valence-electron chi connectivity index (χ1n) is 5.62. The molecule has 1 amide bonds. The molecule has 0 bridgehead atoms. The molecule has 0 aliphatic rings. The van der Waals surface area contributed by atoms with Crippen LogP contribution in [0.5, 0.6) is 0 Å². The quantitative estimate of drug-likeness (QED) is 0.845. The number of nitrogens with one attached hydrogen (secondary N) is 1. The number of hydrogen-bond acceptors (Lipinski definition) is 2. The van der Waals surface area contributed by atoms with Crippen LogP contribution in [0.4, 0.5) is 0 Å². The molecule has 0 saturated heterocycles. The van der Waals surface area contributed by atoms with Crippen molar-refractivity contribution < 1.29 is 9.90 Å². The van der Waals surface area contributed by atoms with Gasteiger partial charge in [0, 0.05) is 12.1 Å². The molecule has 17 heavy (non-hydrogen) atoms. The van der Waals surface area contributed by atoms with Gasteiger partial charge in [-0.1, -0.05) is 36.4 Å². The SMILES string of the molecule is C[C@H](O)CNC(=O)c1cccc2ccccc12. The number of aliphatic hydroxyl groups is 1. The highest BCUT2D eigenvalue weighted by Gasteiger charge is 2.09. The number of aliphatic hydroxyl groups excluding tert-OH is 1. The molecule has 0 unspecified atom stereocenters. The van der Waals surface area contributed by atoms with Crippen molar-refractivity contribution in [3.63, 3.8) is 0 Å². The van der Waals surface area contributed by atoms with Crippen molar-refractivity contribution in [2.24, 2.45) is 0 Å². The Labute approximate surface area is 100 Å². The number of carbonyl (C=O) groups is 1. The molecule has 0 aromatic heterocycles. The minimum absolute atomic E-state index is 0.150. The summed E-state index contributed by atoms with van der Waals surface area (Å²) in [6.45, 7) is 1.91. The van der Waals surface area contributed by atoms with Gasteiger partial charge in [-0.3, -0.25) is 4.79 Å². The molecular formula is C14H15NO2. The van der Waals surface area contributed by atoms with Crippen LogP contribution in [0.3, 0.4) is 0 Å². The van der Waals surface area contributed by atoms with Gasteiger partial charge in [-0.2, -0.15) is 0 Å². The van der Waals surface area contributed by atoms with E-state index in [9.17, 15) is 4.79 Å². The first-order valence-corrected chi connectivity index (χ1v) is 5.62. The molecule has 2 aromatic rings. The number of amides is 1. The highest BCUT2D eigenvalue weighted by Crippen LogP contribution is 2.18. The molecule has 0 aliphatic heterocycles. The van der Waals surface area contributed by atoms with Crippen molar-refractivity contribution in [1.29, 1.82) is 0 Å². The van der Waals surface area contributed by atoms with Crippen LogP contribution in [-0.4, -0.2) is 23.7 Å². The largest absolute Gasteiger partial charge is 0.392 e. The van der Waals surface area contributed by atoms with Crippen LogP contribution >= 0.6 is 0 Å². The summed E-state index contributed by atoms with van der Waals surface area (Å²) in [5.74, 6) is -0.150. The van der Waals surface area contributed by atoms with E-state index < -0.39 is 6.10 Å². The fraction of sp³-hybridized carbons (Fsp3) is 0.214. The van der Waals surface area contributed by atoms with Crippen LogP contribution in [-0.2, 0) is 0 Å². The lowest BCUT2D eigenvalue weighted by molar-refractivity contribution is 0.0925. The molecule has 0 spiro atoms. The van der Waals surface area contributed by atoms with Crippen molar-refractivity contribution in [2.45, 2.75) is 13.0 Å². The van der Waals surface area contributed by atoms with E-state index in [-0.39, 0.29) is 12.5 Å². The predicted molar refractivity (Wildman–Crippen MR) is 68.0 cm³/mol. The monoisotopic (exact) mass is 229 g/mol. The van der Waals surface area contributed by atoms with Gasteiger partial charge in [0.2, 0.25) is 0 Å². The summed E-state index contributed by atoms with van der Waals surface area (Å²) in [6, 6.07) is 13.4. The van der Waals surface area contributed by atoms with E-state index in [4.69, 9.17) is 5.11 Å². The maximum absolute atomic E-state index is 11.9. The van der Waals surface area contributed by atoms with E-state index in [0.29, 0.717) is 5.56 Å². The van der Waals surface area contributed by atoms with Gasteiger partial charge in [0.25, 0.3) is 5.91 Å². The van der Waals surface area contributed by atoms with Crippen molar-refractivity contribution in [3.8, 4) is 0 Å². The summed E-state index contributed by atoms with van der Waals surface area (Å²) in [5, 5.41) is 13.8. The molecule has 2 aromatic carbocycles. The summed E-state index contributed by atoms with van der Waals surface area (Å²) in [7, 11) is 0. The van der Waals surface area contributed by atoms with Gasteiger partial charge in [-0.05, 0) is 23.8 Å². The topological polar surface area (TPSA) is 49.3 Å². The Balaban J connectivity index is 2.32. The minimum atomic E-state index is -0.533. The van der Waals surface area contributed by atoms with Crippen LogP contribution in [0.15, 0.2) is 42.5 Å². The molecule has 2 rings (SSSR count). The molecule has 0 heterocycles. The molecule has 0 saturated carbocycles. The molecule has 0 radical (unpaired) electrons. The maximum Gasteiger partial charge on any atom is 0.252 e. The summed E-state index contributed by atoms with van der Waals surface area (Å²) in [6.07, 6.45) is -0.533. The lowest BCUT2D eigenvalue weighted by Gasteiger charge is -2.09. The van der Waals surface area contributed by atoms with Gasteiger partial charge in [0.1, 0.15) is 0 Å². The van der Waals surface area contributed by atoms with Gasteiger partial charge < -0.3 is 10.4 Å². The molecule has 3 heteroatoms. The van der Waals surface area contributed by atoms with Crippen molar-refractivity contribution in [3.05, 3.63) is 48.0 Å². The molecule has 3 nitrogen and oxygen atoms in total. The van der Waals surface area contributed by atoms with E-state index in [0.717, 1.165) is 10.8 Å². The van der Waals surface area contributed by atoms with E-state index in [1.807, 2.05) is 36.4 Å². The molecular weight excluding hydrogens is 214 g/mol. The lowest BCUT2D eigenvalue weighted by atomic mass is 10.0. The smallest absolute Gasteiger partial charge is 0.252 e. The van der Waals surface area contributed by atoms with E-state index in [1.165, 1.54) is 0 Å². The van der Waals surface area contributed by atoms with Crippen LogP contribution in [0, 0.1) is 0 Å². The Morgan fingerprint density at radius 1 is 1.24 bits per heavy atom. The van der Waals surface area contributed by atoms with Crippen LogP contribution in [0.2, 0.25) is 0 Å². The molecule has 88 valence electrons. The number of benzene rings is 2. The van der Waals surface area contributed by atoms with Crippen LogP contribution < -0.4 is 5.32 Å². The summed E-state index contributed by atoms with van der Waals surface area (Å²) < 4.78 is 0. The third-order valence-electron chi connectivity index (χ3n) is 2.59. The first-order chi connectivity index (χ1) is 8.18. The van der Waals surface area contributed by atoms with Crippen molar-refractivity contribution in [2.75, 3.05) is 6.54 Å². The highest BCUT2D eigenvalue weighted by atomic mass is 16.3. The van der Waals surface area contributed by atoms with Crippen molar-refractivity contribution in [1.82, 2.24) is 5.32 Å². The average Bonchev–Trinajstić information content (AvgIpc) is 2.35. The van der Waals surface area contributed by atoms with Crippen molar-refractivity contribution >= 4 is 16.7 Å². The van der Waals surface area contributed by atoms with Crippen LogP contribution in [0.1, 0.15) is 17.3 Å². The van der Waals surface area contributed by atoms with E-state index in [2.05, 4.69) is 5.32 Å². The molecule has 0 aliphatic carbocycles. The fourth-order valence-corrected chi connectivity index (χ4v) is 1.76. The second kappa shape index (κ2) is 4.97. The Hall–Kier alpha value is -1.87. The Kier molecular flexibility index (Phi) is 3.40. The Morgan fingerprint density at radius 3 is 2.71 bits per heavy atom. The predicted octanol–water partition coefficient (Wildman–Crippen LogP) is 1.95. The number of carbonyl (C=O) groups excluding carboxylic acids is 1. The Morgan fingerprint density at radius 2 is 1.94 bits per heavy atom.